The van der Waals surface area contributed by atoms with Gasteiger partial charge >= 0.3 is 0 Å². The summed E-state index contributed by atoms with van der Waals surface area (Å²) in [5, 5.41) is 24.0. The van der Waals surface area contributed by atoms with Crippen LogP contribution in [-0.2, 0) is 20.2 Å². The van der Waals surface area contributed by atoms with Crippen molar-refractivity contribution in [2.45, 2.75) is 36.2 Å². The number of benzene rings is 2. The van der Waals surface area contributed by atoms with E-state index < -0.39 is 15.9 Å². The quantitative estimate of drug-likeness (QED) is 0.340. The predicted molar refractivity (Wildman–Crippen MR) is 136 cm³/mol. The Hall–Kier alpha value is -2.22. The minimum absolute atomic E-state index is 0.0352. The molecular formula is C21H24Cl2N6O4S2. The van der Waals surface area contributed by atoms with Crippen LogP contribution in [0.1, 0.15) is 26.3 Å². The molecule has 0 aliphatic rings. The van der Waals surface area contributed by atoms with Crippen molar-refractivity contribution in [2.75, 3.05) is 24.2 Å². The molecule has 0 unspecified atom stereocenters. The van der Waals surface area contributed by atoms with E-state index in [0.717, 1.165) is 17.3 Å². The molecule has 0 saturated heterocycles. The van der Waals surface area contributed by atoms with Crippen LogP contribution in [0.3, 0.4) is 0 Å². The van der Waals surface area contributed by atoms with Gasteiger partial charge in [-0.3, -0.25) is 4.79 Å². The third-order valence-electron chi connectivity index (χ3n) is 4.74. The lowest BCUT2D eigenvalue weighted by Crippen LogP contribution is -2.26. The summed E-state index contributed by atoms with van der Waals surface area (Å²) in [4.78, 5) is 12.4. The number of hydrogen-bond acceptors (Lipinski definition) is 8. The zero-order chi connectivity index (χ0) is 25.8. The summed E-state index contributed by atoms with van der Waals surface area (Å²) < 4.78 is 28.0. The van der Waals surface area contributed by atoms with E-state index in [1.807, 2.05) is 18.2 Å². The summed E-state index contributed by atoms with van der Waals surface area (Å²) in [6, 6.07) is 9.55. The SMILES string of the molecule is CC(C)(C)c1ccc(-n2nnnc2SCC(=O)Nc2ccc(S(=O)(=O)NCCO)cc2Cl)c(Cl)c1. The average molecular weight is 560 g/mol. The lowest BCUT2D eigenvalue weighted by Gasteiger charge is -2.20. The van der Waals surface area contributed by atoms with Crippen molar-refractivity contribution in [3.63, 3.8) is 0 Å². The fourth-order valence-electron chi connectivity index (χ4n) is 2.91. The maximum absolute atomic E-state index is 12.5. The highest BCUT2D eigenvalue weighted by Crippen LogP contribution is 2.30. The number of nitrogens with zero attached hydrogens (tertiary/aromatic N) is 4. The lowest BCUT2D eigenvalue weighted by atomic mass is 9.87. The van der Waals surface area contributed by atoms with Crippen LogP contribution >= 0.6 is 35.0 Å². The number of hydrogen-bond donors (Lipinski definition) is 3. The van der Waals surface area contributed by atoms with Gasteiger partial charge in [-0.05, 0) is 51.7 Å². The van der Waals surface area contributed by atoms with Crippen molar-refractivity contribution < 1.29 is 18.3 Å². The summed E-state index contributed by atoms with van der Waals surface area (Å²) in [6.45, 7) is 5.80. The number of carbonyl (C=O) groups is 1. The summed E-state index contributed by atoms with van der Waals surface area (Å²) in [5.41, 5.74) is 1.83. The summed E-state index contributed by atoms with van der Waals surface area (Å²) in [6.07, 6.45) is 0. The number of aliphatic hydroxyl groups is 1. The fourth-order valence-corrected chi connectivity index (χ4v) is 5.19. The first kappa shape index (κ1) is 27.4. The number of thioether (sulfide) groups is 1. The van der Waals surface area contributed by atoms with Gasteiger partial charge in [0.15, 0.2) is 0 Å². The Morgan fingerprint density at radius 1 is 1.14 bits per heavy atom. The molecule has 3 aromatic rings. The van der Waals surface area contributed by atoms with Crippen molar-refractivity contribution in [1.29, 1.82) is 0 Å². The van der Waals surface area contributed by atoms with E-state index in [4.69, 9.17) is 28.3 Å². The fraction of sp³-hybridized carbons (Fsp3) is 0.333. The van der Waals surface area contributed by atoms with Crippen molar-refractivity contribution >= 4 is 56.6 Å². The molecule has 1 amide bonds. The first-order valence-electron chi connectivity index (χ1n) is 10.3. The Morgan fingerprint density at radius 3 is 2.51 bits per heavy atom. The Morgan fingerprint density at radius 2 is 1.89 bits per heavy atom. The van der Waals surface area contributed by atoms with Gasteiger partial charge in [-0.2, -0.15) is 4.68 Å². The van der Waals surface area contributed by atoms with Crippen molar-refractivity contribution in [1.82, 2.24) is 24.9 Å². The number of nitrogens with one attached hydrogen (secondary N) is 2. The number of carbonyl (C=O) groups excluding carboxylic acids is 1. The highest BCUT2D eigenvalue weighted by atomic mass is 35.5. The molecule has 0 aliphatic carbocycles. The van der Waals surface area contributed by atoms with Crippen molar-refractivity contribution in [3.8, 4) is 5.69 Å². The van der Waals surface area contributed by atoms with E-state index >= 15 is 0 Å². The minimum Gasteiger partial charge on any atom is -0.395 e. The van der Waals surface area contributed by atoms with Crippen LogP contribution in [0, 0.1) is 0 Å². The minimum atomic E-state index is -3.82. The van der Waals surface area contributed by atoms with E-state index in [-0.39, 0.29) is 39.9 Å². The first-order valence-corrected chi connectivity index (χ1v) is 13.6. The molecule has 35 heavy (non-hydrogen) atoms. The number of aliphatic hydroxyl groups excluding tert-OH is 1. The largest absolute Gasteiger partial charge is 0.395 e. The third kappa shape index (κ3) is 6.93. The second-order valence-electron chi connectivity index (χ2n) is 8.39. The lowest BCUT2D eigenvalue weighted by molar-refractivity contribution is -0.113. The normalized spacial score (nSPS) is 12.1. The molecule has 14 heteroatoms. The molecule has 0 spiro atoms. The first-order chi connectivity index (χ1) is 16.4. The van der Waals surface area contributed by atoms with E-state index in [0.29, 0.717) is 15.9 Å². The smallest absolute Gasteiger partial charge is 0.240 e. The Bertz CT molecular complexity index is 1330. The van der Waals surface area contributed by atoms with Crippen LogP contribution in [0.5, 0.6) is 0 Å². The van der Waals surface area contributed by atoms with Crippen LogP contribution in [0.15, 0.2) is 46.5 Å². The number of aromatic nitrogens is 4. The number of anilines is 1. The molecule has 0 fully saturated rings. The standard InChI is InChI=1S/C21H24Cl2N6O4S2/c1-21(2,3)13-4-7-18(16(23)10-13)29-20(26-27-28-29)34-12-19(31)25-17-6-5-14(11-15(17)22)35(32,33)24-8-9-30/h4-7,10-11,24,30H,8-9,12H2,1-3H3,(H,25,31). The number of halogens is 2. The van der Waals surface area contributed by atoms with Gasteiger partial charge in [0, 0.05) is 6.54 Å². The van der Waals surface area contributed by atoms with Crippen LogP contribution in [0.4, 0.5) is 5.69 Å². The number of tetrazole rings is 1. The van der Waals surface area contributed by atoms with E-state index in [2.05, 4.69) is 46.3 Å². The molecule has 0 aliphatic heterocycles. The van der Waals surface area contributed by atoms with E-state index in [1.54, 1.807) is 0 Å². The van der Waals surface area contributed by atoms with Gasteiger partial charge in [-0.1, -0.05) is 61.8 Å². The van der Waals surface area contributed by atoms with Crippen LogP contribution < -0.4 is 10.0 Å². The molecular weight excluding hydrogens is 535 g/mol. The molecule has 1 heterocycles. The number of rotatable bonds is 9. The monoisotopic (exact) mass is 558 g/mol. The Balaban J connectivity index is 1.68. The van der Waals surface area contributed by atoms with Crippen LogP contribution in [-0.4, -0.2) is 58.5 Å². The van der Waals surface area contributed by atoms with Crippen LogP contribution in [0.2, 0.25) is 10.0 Å². The van der Waals surface area contributed by atoms with Crippen molar-refractivity contribution in [2.24, 2.45) is 0 Å². The molecule has 2 aromatic carbocycles. The second-order valence-corrected chi connectivity index (χ2v) is 11.9. The summed E-state index contributed by atoms with van der Waals surface area (Å²) >= 11 is 13.7. The highest BCUT2D eigenvalue weighted by molar-refractivity contribution is 7.99. The van der Waals surface area contributed by atoms with Crippen molar-refractivity contribution in [3.05, 3.63) is 52.0 Å². The van der Waals surface area contributed by atoms with Gasteiger partial charge in [-0.15, -0.1) is 5.10 Å². The summed E-state index contributed by atoms with van der Waals surface area (Å²) in [7, 11) is -3.82. The predicted octanol–water partition coefficient (Wildman–Crippen LogP) is 3.27. The second kappa shape index (κ2) is 11.2. The van der Waals surface area contributed by atoms with Gasteiger partial charge in [0.1, 0.15) is 0 Å². The Labute approximate surface area is 217 Å². The number of amides is 1. The zero-order valence-electron chi connectivity index (χ0n) is 19.1. The van der Waals surface area contributed by atoms with Gasteiger partial charge in [0.2, 0.25) is 21.1 Å². The average Bonchev–Trinajstić information content (AvgIpc) is 3.25. The molecule has 1 aromatic heterocycles. The topological polar surface area (TPSA) is 139 Å². The summed E-state index contributed by atoms with van der Waals surface area (Å²) in [5.74, 6) is -0.429. The molecule has 0 atom stereocenters. The maximum atomic E-state index is 12.5. The van der Waals surface area contributed by atoms with Gasteiger partial charge in [0.05, 0.1) is 38.7 Å². The zero-order valence-corrected chi connectivity index (χ0v) is 22.3. The molecule has 3 rings (SSSR count). The molecule has 0 saturated carbocycles. The maximum Gasteiger partial charge on any atom is 0.240 e. The van der Waals surface area contributed by atoms with Crippen LogP contribution in [0.25, 0.3) is 5.69 Å². The Kier molecular flexibility index (Phi) is 8.78. The molecule has 3 N–H and O–H groups in total. The van der Waals surface area contributed by atoms with Gasteiger partial charge in [0.25, 0.3) is 0 Å². The van der Waals surface area contributed by atoms with E-state index in [1.165, 1.54) is 22.9 Å². The molecule has 10 nitrogen and oxygen atoms in total. The third-order valence-corrected chi connectivity index (χ3v) is 7.74. The van der Waals surface area contributed by atoms with Gasteiger partial charge < -0.3 is 10.4 Å². The molecule has 0 radical (unpaired) electrons. The van der Waals surface area contributed by atoms with Gasteiger partial charge in [-0.25, -0.2) is 13.1 Å². The molecule has 0 bridgehead atoms. The number of sulfonamides is 1. The molecule has 188 valence electrons. The highest BCUT2D eigenvalue weighted by Gasteiger charge is 2.19. The van der Waals surface area contributed by atoms with E-state index in [9.17, 15) is 13.2 Å².